The Labute approximate surface area is 208 Å². The summed E-state index contributed by atoms with van der Waals surface area (Å²) in [6.45, 7) is 0.495. The fourth-order valence-electron chi connectivity index (χ4n) is 3.26. The van der Waals surface area contributed by atoms with Crippen molar-refractivity contribution in [2.45, 2.75) is 32.1 Å². The van der Waals surface area contributed by atoms with E-state index in [2.05, 4.69) is 10.6 Å². The molecule has 0 aliphatic rings. The molecule has 0 saturated heterocycles. The minimum Gasteiger partial charge on any atom is -0.352 e. The number of hydrogen-bond donors (Lipinski definition) is 2. The molecule has 0 atom stereocenters. The van der Waals surface area contributed by atoms with Gasteiger partial charge in [0.15, 0.2) is 0 Å². The van der Waals surface area contributed by atoms with Gasteiger partial charge in [0.05, 0.1) is 43.0 Å². The van der Waals surface area contributed by atoms with E-state index in [0.717, 1.165) is 42.8 Å². The number of nitro groups is 4. The standard InChI is InChI=1S/C21H22N6O10/c28-20(14-8-16(24(30)31)12-17(9-14)25(32)33)22-6-4-2-1-3-5-7-23-21(29)15-10-18(26(34)35)13-19(11-15)27(36)37/h8-13H,1-7H2,(H,22,28)(H,23,29). The molecule has 0 aromatic heterocycles. The third-order valence-corrected chi connectivity index (χ3v) is 5.10. The highest BCUT2D eigenvalue weighted by atomic mass is 16.6. The average Bonchev–Trinajstić information content (AvgIpc) is 2.86. The van der Waals surface area contributed by atoms with Crippen LogP contribution >= 0.6 is 0 Å². The van der Waals surface area contributed by atoms with E-state index in [1.54, 1.807) is 0 Å². The molecule has 16 heteroatoms. The molecule has 0 fully saturated rings. The molecule has 196 valence electrons. The van der Waals surface area contributed by atoms with E-state index in [-0.39, 0.29) is 24.2 Å². The Morgan fingerprint density at radius 2 is 0.784 bits per heavy atom. The second-order valence-corrected chi connectivity index (χ2v) is 7.78. The third-order valence-electron chi connectivity index (χ3n) is 5.10. The van der Waals surface area contributed by atoms with Gasteiger partial charge in [-0.05, 0) is 12.8 Å². The van der Waals surface area contributed by atoms with Crippen LogP contribution in [-0.4, -0.2) is 44.6 Å². The molecule has 0 saturated carbocycles. The SMILES string of the molecule is O=C(NCCCCCCCNC(=O)c1cc([N+](=O)[O-])cc([N+](=O)[O-])c1)c1cc([N+](=O)[O-])cc([N+](=O)[O-])c1. The molecule has 2 rings (SSSR count). The van der Waals surface area contributed by atoms with Crippen molar-refractivity contribution in [3.63, 3.8) is 0 Å². The Morgan fingerprint density at radius 1 is 0.514 bits per heavy atom. The van der Waals surface area contributed by atoms with Gasteiger partial charge in [-0.3, -0.25) is 50.0 Å². The zero-order valence-corrected chi connectivity index (χ0v) is 19.3. The molecular weight excluding hydrogens is 496 g/mol. The number of nitro benzene ring substituents is 4. The number of benzene rings is 2. The molecule has 16 nitrogen and oxygen atoms in total. The van der Waals surface area contributed by atoms with E-state index in [0.29, 0.717) is 25.7 Å². The second-order valence-electron chi connectivity index (χ2n) is 7.78. The first-order chi connectivity index (χ1) is 17.5. The minimum atomic E-state index is -0.820. The number of nitrogens with one attached hydrogen (secondary N) is 2. The van der Waals surface area contributed by atoms with Crippen molar-refractivity contribution in [1.82, 2.24) is 10.6 Å². The Bertz CT molecular complexity index is 1070. The number of hydrogen-bond acceptors (Lipinski definition) is 10. The Balaban J connectivity index is 1.70. The van der Waals surface area contributed by atoms with Crippen LogP contribution in [0.2, 0.25) is 0 Å². The molecule has 2 aromatic carbocycles. The smallest absolute Gasteiger partial charge is 0.277 e. The summed E-state index contributed by atoms with van der Waals surface area (Å²) in [4.78, 5) is 64.8. The normalized spacial score (nSPS) is 10.4. The van der Waals surface area contributed by atoms with Crippen LogP contribution in [-0.2, 0) is 0 Å². The van der Waals surface area contributed by atoms with Gasteiger partial charge in [0.25, 0.3) is 34.6 Å². The number of rotatable bonds is 14. The lowest BCUT2D eigenvalue weighted by atomic mass is 10.1. The summed E-state index contributed by atoms with van der Waals surface area (Å²) in [6, 6.07) is 5.38. The first-order valence-corrected chi connectivity index (χ1v) is 10.9. The molecule has 37 heavy (non-hydrogen) atoms. The van der Waals surface area contributed by atoms with Crippen LogP contribution in [0, 0.1) is 40.5 Å². The van der Waals surface area contributed by atoms with Crippen molar-refractivity contribution in [3.05, 3.63) is 88.0 Å². The largest absolute Gasteiger partial charge is 0.352 e. The van der Waals surface area contributed by atoms with Crippen LogP contribution in [0.25, 0.3) is 0 Å². The van der Waals surface area contributed by atoms with E-state index in [1.165, 1.54) is 0 Å². The zero-order chi connectivity index (χ0) is 27.5. The van der Waals surface area contributed by atoms with Crippen molar-refractivity contribution in [2.75, 3.05) is 13.1 Å². The fraction of sp³-hybridized carbons (Fsp3) is 0.333. The summed E-state index contributed by atoms with van der Waals surface area (Å²) in [5.74, 6) is -1.34. The summed E-state index contributed by atoms with van der Waals surface area (Å²) in [6.07, 6.45) is 3.32. The van der Waals surface area contributed by atoms with Crippen molar-refractivity contribution in [3.8, 4) is 0 Å². The van der Waals surface area contributed by atoms with E-state index in [9.17, 15) is 50.0 Å². The van der Waals surface area contributed by atoms with E-state index >= 15 is 0 Å². The molecule has 0 aliphatic heterocycles. The Hall–Kier alpha value is -5.02. The maximum absolute atomic E-state index is 12.2. The van der Waals surface area contributed by atoms with E-state index in [4.69, 9.17) is 0 Å². The number of non-ortho nitro benzene ring substituents is 4. The van der Waals surface area contributed by atoms with Gasteiger partial charge in [-0.1, -0.05) is 19.3 Å². The van der Waals surface area contributed by atoms with Crippen molar-refractivity contribution < 1.29 is 29.3 Å². The highest BCUT2D eigenvalue weighted by Gasteiger charge is 2.20. The quantitative estimate of drug-likeness (QED) is 0.210. The highest BCUT2D eigenvalue weighted by molar-refractivity contribution is 5.96. The monoisotopic (exact) mass is 518 g/mol. The van der Waals surface area contributed by atoms with E-state index < -0.39 is 54.3 Å². The van der Waals surface area contributed by atoms with Gasteiger partial charge in [0.1, 0.15) is 0 Å². The molecule has 2 amide bonds. The Morgan fingerprint density at radius 3 is 1.05 bits per heavy atom. The summed E-state index contributed by atoms with van der Waals surface area (Å²) >= 11 is 0. The number of carbonyl (C=O) groups excluding carboxylic acids is 2. The van der Waals surface area contributed by atoms with E-state index in [1.807, 2.05) is 0 Å². The van der Waals surface area contributed by atoms with Crippen molar-refractivity contribution >= 4 is 34.6 Å². The predicted molar refractivity (Wildman–Crippen MR) is 127 cm³/mol. The van der Waals surface area contributed by atoms with Crippen LogP contribution in [0.5, 0.6) is 0 Å². The van der Waals surface area contributed by atoms with Gasteiger partial charge in [0, 0.05) is 37.4 Å². The van der Waals surface area contributed by atoms with Gasteiger partial charge in [-0.15, -0.1) is 0 Å². The Kier molecular flexibility index (Phi) is 10.0. The fourth-order valence-corrected chi connectivity index (χ4v) is 3.26. The van der Waals surface area contributed by atoms with Gasteiger partial charge in [0.2, 0.25) is 0 Å². The van der Waals surface area contributed by atoms with Gasteiger partial charge < -0.3 is 10.6 Å². The van der Waals surface area contributed by atoms with Gasteiger partial charge in [-0.25, -0.2) is 0 Å². The van der Waals surface area contributed by atoms with Crippen LogP contribution in [0.3, 0.4) is 0 Å². The average molecular weight is 518 g/mol. The zero-order valence-electron chi connectivity index (χ0n) is 19.3. The van der Waals surface area contributed by atoms with Crippen LogP contribution in [0.15, 0.2) is 36.4 Å². The predicted octanol–water partition coefficient (Wildman–Crippen LogP) is 3.43. The molecule has 2 aromatic rings. The molecular formula is C21H22N6O10. The second kappa shape index (κ2) is 13.2. The maximum Gasteiger partial charge on any atom is 0.277 e. The number of nitrogens with zero attached hydrogens (tertiary/aromatic N) is 4. The lowest BCUT2D eigenvalue weighted by molar-refractivity contribution is -0.394. The van der Waals surface area contributed by atoms with Crippen LogP contribution in [0.4, 0.5) is 22.7 Å². The van der Waals surface area contributed by atoms with Crippen LogP contribution in [0.1, 0.15) is 52.8 Å². The molecule has 0 radical (unpaired) electrons. The lowest BCUT2D eigenvalue weighted by Gasteiger charge is -2.07. The molecule has 0 unspecified atom stereocenters. The lowest BCUT2D eigenvalue weighted by Crippen LogP contribution is -2.25. The number of carbonyl (C=O) groups is 2. The van der Waals surface area contributed by atoms with Crippen molar-refractivity contribution in [1.29, 1.82) is 0 Å². The van der Waals surface area contributed by atoms with Gasteiger partial charge in [-0.2, -0.15) is 0 Å². The molecule has 0 bridgehead atoms. The summed E-state index contributed by atoms with van der Waals surface area (Å²) in [7, 11) is 0. The summed E-state index contributed by atoms with van der Waals surface area (Å²) in [5.41, 5.74) is -2.62. The summed E-state index contributed by atoms with van der Waals surface area (Å²) < 4.78 is 0. The van der Waals surface area contributed by atoms with Crippen molar-refractivity contribution in [2.24, 2.45) is 0 Å². The first-order valence-electron chi connectivity index (χ1n) is 10.9. The topological polar surface area (TPSA) is 231 Å². The molecule has 2 N–H and O–H groups in total. The number of amides is 2. The first kappa shape index (κ1) is 28.2. The summed E-state index contributed by atoms with van der Waals surface area (Å²) in [5, 5.41) is 48.8. The highest BCUT2D eigenvalue weighted by Crippen LogP contribution is 2.23. The van der Waals surface area contributed by atoms with Gasteiger partial charge >= 0.3 is 0 Å². The maximum atomic E-state index is 12.2. The molecule has 0 aliphatic carbocycles. The van der Waals surface area contributed by atoms with Crippen LogP contribution < -0.4 is 10.6 Å². The third kappa shape index (κ3) is 8.61. The number of unbranched alkanes of at least 4 members (excludes halogenated alkanes) is 4. The molecule has 0 spiro atoms. The minimum absolute atomic E-state index is 0.189. The molecule has 0 heterocycles.